The number of benzene rings is 1. The van der Waals surface area contributed by atoms with E-state index in [0.29, 0.717) is 6.54 Å². The molecule has 0 saturated heterocycles. The summed E-state index contributed by atoms with van der Waals surface area (Å²) in [5.74, 6) is 0. The third-order valence-corrected chi connectivity index (χ3v) is 1.59. The van der Waals surface area contributed by atoms with Crippen LogP contribution in [-0.2, 0) is 11.3 Å². The second kappa shape index (κ2) is 8.21. The van der Waals surface area contributed by atoms with Crippen LogP contribution in [0, 0.1) is 0 Å². The normalized spacial score (nSPS) is 8.53. The molecule has 0 unspecified atom stereocenters. The van der Waals surface area contributed by atoms with Crippen LogP contribution in [0.4, 0.5) is 0 Å². The van der Waals surface area contributed by atoms with Gasteiger partial charge in [-0.15, -0.1) is 0 Å². The second-order valence-corrected chi connectivity index (χ2v) is 3.59. The Morgan fingerprint density at radius 3 is 2.07 bits per heavy atom. The number of halogens is 1. The van der Waals surface area contributed by atoms with E-state index in [4.69, 9.17) is 17.3 Å². The van der Waals surface area contributed by atoms with Gasteiger partial charge in [0.15, 0.2) is 0 Å². The first-order chi connectivity index (χ1) is 7.06. The van der Waals surface area contributed by atoms with Crippen LogP contribution in [0.5, 0.6) is 0 Å². The Balaban J connectivity index is 0.000000265. The maximum absolute atomic E-state index is 9.94. The van der Waals surface area contributed by atoms with E-state index in [1.54, 1.807) is 0 Å². The van der Waals surface area contributed by atoms with Crippen LogP contribution in [-0.4, -0.2) is 5.24 Å². The monoisotopic (exact) mass is 225 g/mol. The lowest BCUT2D eigenvalue weighted by atomic mass is 10.2. The van der Waals surface area contributed by atoms with E-state index < -0.39 is 5.24 Å². The predicted octanol–water partition coefficient (Wildman–Crippen LogP) is 2.86. The van der Waals surface area contributed by atoms with Crippen molar-refractivity contribution < 1.29 is 4.79 Å². The maximum atomic E-state index is 9.94. The fraction of sp³-hybridized carbons (Fsp3) is 0.250. The highest BCUT2D eigenvalue weighted by atomic mass is 35.5. The third-order valence-electron chi connectivity index (χ3n) is 1.48. The SMILES string of the molecule is CC(C)=CC(=O)Cl.NCc1ccccc1. The van der Waals surface area contributed by atoms with Crippen LogP contribution in [0.1, 0.15) is 19.4 Å². The smallest absolute Gasteiger partial charge is 0.245 e. The Kier molecular flexibility index (Phi) is 7.60. The molecule has 1 aromatic carbocycles. The summed E-state index contributed by atoms with van der Waals surface area (Å²) < 4.78 is 0. The summed E-state index contributed by atoms with van der Waals surface area (Å²) in [6.07, 6.45) is 1.38. The molecule has 1 rings (SSSR count). The third kappa shape index (κ3) is 9.19. The zero-order valence-electron chi connectivity index (χ0n) is 9.03. The lowest BCUT2D eigenvalue weighted by molar-refractivity contribution is -0.107. The van der Waals surface area contributed by atoms with Gasteiger partial charge in [0, 0.05) is 6.54 Å². The first-order valence-electron chi connectivity index (χ1n) is 4.64. The van der Waals surface area contributed by atoms with Crippen LogP contribution in [0.25, 0.3) is 0 Å². The topological polar surface area (TPSA) is 43.1 Å². The first kappa shape index (κ1) is 13.9. The number of nitrogens with two attached hydrogens (primary N) is 1. The lowest BCUT2D eigenvalue weighted by Crippen LogP contribution is -1.94. The van der Waals surface area contributed by atoms with Gasteiger partial charge in [-0.1, -0.05) is 35.9 Å². The molecule has 0 aromatic heterocycles. The Bertz CT molecular complexity index is 316. The summed E-state index contributed by atoms with van der Waals surface area (Å²) in [5.41, 5.74) is 7.47. The average molecular weight is 226 g/mol. The fourth-order valence-corrected chi connectivity index (χ4v) is 1.06. The van der Waals surface area contributed by atoms with Gasteiger partial charge in [-0.25, -0.2) is 0 Å². The summed E-state index contributed by atoms with van der Waals surface area (Å²) in [4.78, 5) is 9.94. The van der Waals surface area contributed by atoms with Crippen molar-refractivity contribution in [3.05, 3.63) is 47.5 Å². The minimum Gasteiger partial charge on any atom is -0.326 e. The van der Waals surface area contributed by atoms with Crippen LogP contribution < -0.4 is 5.73 Å². The molecule has 15 heavy (non-hydrogen) atoms. The molecule has 82 valence electrons. The molecule has 0 amide bonds. The Morgan fingerprint density at radius 1 is 1.33 bits per heavy atom. The molecule has 0 aliphatic heterocycles. The summed E-state index contributed by atoms with van der Waals surface area (Å²) in [7, 11) is 0. The highest BCUT2D eigenvalue weighted by Crippen LogP contribution is 1.94. The van der Waals surface area contributed by atoms with Gasteiger partial charge in [-0.3, -0.25) is 4.79 Å². The molecule has 0 spiro atoms. The number of hydrogen-bond donors (Lipinski definition) is 1. The summed E-state index contributed by atoms with van der Waals surface area (Å²) in [6, 6.07) is 9.99. The van der Waals surface area contributed by atoms with Gasteiger partial charge < -0.3 is 5.73 Å². The van der Waals surface area contributed by atoms with Crippen molar-refractivity contribution in [2.24, 2.45) is 5.73 Å². The van der Waals surface area contributed by atoms with Gasteiger partial charge in [-0.05, 0) is 37.1 Å². The summed E-state index contributed by atoms with van der Waals surface area (Å²) >= 11 is 4.96. The zero-order valence-corrected chi connectivity index (χ0v) is 9.79. The van der Waals surface area contributed by atoms with E-state index in [9.17, 15) is 4.79 Å². The zero-order chi connectivity index (χ0) is 11.7. The van der Waals surface area contributed by atoms with Crippen molar-refractivity contribution in [2.45, 2.75) is 20.4 Å². The molecule has 0 heterocycles. The number of carbonyl (C=O) groups excluding carboxylic acids is 1. The molecule has 2 N–H and O–H groups in total. The van der Waals surface area contributed by atoms with Crippen molar-refractivity contribution in [3.8, 4) is 0 Å². The number of allylic oxidation sites excluding steroid dienone is 2. The van der Waals surface area contributed by atoms with E-state index >= 15 is 0 Å². The lowest BCUT2D eigenvalue weighted by Gasteiger charge is -1.90. The molecular weight excluding hydrogens is 210 g/mol. The average Bonchev–Trinajstić information content (AvgIpc) is 2.18. The Hall–Kier alpha value is -1.12. The standard InChI is InChI=1S/C7H9N.C5H7ClO/c8-6-7-4-2-1-3-5-7;1-4(2)3-5(6)7/h1-5H,6,8H2;3H,1-2H3. The molecule has 0 saturated carbocycles. The van der Waals surface area contributed by atoms with E-state index in [0.717, 1.165) is 5.57 Å². The van der Waals surface area contributed by atoms with Crippen LogP contribution in [0.15, 0.2) is 42.0 Å². The minimum atomic E-state index is -0.403. The molecule has 3 heteroatoms. The van der Waals surface area contributed by atoms with E-state index in [2.05, 4.69) is 0 Å². The largest absolute Gasteiger partial charge is 0.326 e. The maximum Gasteiger partial charge on any atom is 0.245 e. The molecule has 2 nitrogen and oxygen atoms in total. The van der Waals surface area contributed by atoms with Crippen LogP contribution >= 0.6 is 11.6 Å². The number of rotatable bonds is 2. The van der Waals surface area contributed by atoms with Crippen molar-refractivity contribution in [1.82, 2.24) is 0 Å². The van der Waals surface area contributed by atoms with E-state index in [-0.39, 0.29) is 0 Å². The van der Waals surface area contributed by atoms with Gasteiger partial charge in [0.2, 0.25) is 5.24 Å². The Labute approximate surface area is 95.7 Å². The molecule has 0 radical (unpaired) electrons. The van der Waals surface area contributed by atoms with Gasteiger partial charge >= 0.3 is 0 Å². The molecular formula is C12H16ClNO. The van der Waals surface area contributed by atoms with Crippen LogP contribution in [0.2, 0.25) is 0 Å². The van der Waals surface area contributed by atoms with Crippen molar-refractivity contribution in [3.63, 3.8) is 0 Å². The molecule has 1 aromatic rings. The van der Waals surface area contributed by atoms with Crippen LogP contribution in [0.3, 0.4) is 0 Å². The van der Waals surface area contributed by atoms with Crippen molar-refractivity contribution in [2.75, 3.05) is 0 Å². The first-order valence-corrected chi connectivity index (χ1v) is 5.02. The Morgan fingerprint density at radius 2 is 1.87 bits per heavy atom. The molecule has 0 atom stereocenters. The quantitative estimate of drug-likeness (QED) is 0.621. The highest BCUT2D eigenvalue weighted by molar-refractivity contribution is 6.66. The van der Waals surface area contributed by atoms with Gasteiger partial charge in [0.1, 0.15) is 0 Å². The predicted molar refractivity (Wildman–Crippen MR) is 64.6 cm³/mol. The minimum absolute atomic E-state index is 0.403. The summed E-state index contributed by atoms with van der Waals surface area (Å²) in [6.45, 7) is 4.28. The number of carbonyl (C=O) groups is 1. The van der Waals surface area contributed by atoms with Crippen molar-refractivity contribution in [1.29, 1.82) is 0 Å². The molecule has 0 fully saturated rings. The fourth-order valence-electron chi connectivity index (χ4n) is 0.841. The summed E-state index contributed by atoms with van der Waals surface area (Å²) in [5, 5.41) is -0.403. The van der Waals surface area contributed by atoms with Gasteiger partial charge in [0.05, 0.1) is 0 Å². The van der Waals surface area contributed by atoms with E-state index in [1.807, 2.05) is 44.2 Å². The van der Waals surface area contributed by atoms with E-state index in [1.165, 1.54) is 11.6 Å². The molecule has 0 bridgehead atoms. The molecule has 0 aliphatic rings. The van der Waals surface area contributed by atoms with Gasteiger partial charge in [0.25, 0.3) is 0 Å². The van der Waals surface area contributed by atoms with Crippen molar-refractivity contribution >= 4 is 16.8 Å². The van der Waals surface area contributed by atoms with Gasteiger partial charge in [-0.2, -0.15) is 0 Å². The second-order valence-electron chi connectivity index (χ2n) is 3.22. The number of hydrogen-bond acceptors (Lipinski definition) is 2. The highest BCUT2D eigenvalue weighted by Gasteiger charge is 1.83. The molecule has 0 aliphatic carbocycles.